The average molecular weight is 194 g/mol. The third-order valence-electron chi connectivity index (χ3n) is 2.29. The minimum absolute atomic E-state index is 0.149. The number of aliphatic hydroxyl groups is 1. The van der Waals surface area contributed by atoms with Crippen molar-refractivity contribution in [2.75, 3.05) is 6.61 Å². The van der Waals surface area contributed by atoms with Gasteiger partial charge in [0, 0.05) is 5.92 Å². The standard InChI is InChI=1S/C11H14O3/c1-3-5-6-9-8(4-2)10(7-12)14-11(9)13/h3-6,8-10,12H,1-2,7H2/b6-5+/t8-,9-,10-/m1/s1. The van der Waals surface area contributed by atoms with Gasteiger partial charge >= 0.3 is 5.97 Å². The van der Waals surface area contributed by atoms with Gasteiger partial charge in [-0.2, -0.15) is 0 Å². The van der Waals surface area contributed by atoms with Gasteiger partial charge in [-0.25, -0.2) is 0 Å². The van der Waals surface area contributed by atoms with Crippen molar-refractivity contribution in [2.45, 2.75) is 6.10 Å². The number of carbonyl (C=O) groups excluding carboxylic acids is 1. The molecule has 0 aromatic carbocycles. The van der Waals surface area contributed by atoms with E-state index < -0.39 is 6.10 Å². The molecule has 3 nitrogen and oxygen atoms in total. The quantitative estimate of drug-likeness (QED) is 0.413. The summed E-state index contributed by atoms with van der Waals surface area (Å²) in [5.74, 6) is -0.807. The van der Waals surface area contributed by atoms with Crippen LogP contribution in [0, 0.1) is 11.8 Å². The van der Waals surface area contributed by atoms with Crippen LogP contribution in [0.2, 0.25) is 0 Å². The Hall–Kier alpha value is -1.35. The van der Waals surface area contributed by atoms with E-state index in [9.17, 15) is 4.79 Å². The SMILES string of the molecule is C=C/C=C/[C@H]1C(=O)O[C@H](CO)[C@@H]1C=C. The van der Waals surface area contributed by atoms with Gasteiger partial charge in [0.15, 0.2) is 0 Å². The van der Waals surface area contributed by atoms with E-state index >= 15 is 0 Å². The summed E-state index contributed by atoms with van der Waals surface area (Å²) >= 11 is 0. The summed E-state index contributed by atoms with van der Waals surface area (Å²) < 4.78 is 4.98. The van der Waals surface area contributed by atoms with Gasteiger partial charge in [-0.05, 0) is 0 Å². The largest absolute Gasteiger partial charge is 0.459 e. The zero-order valence-corrected chi connectivity index (χ0v) is 7.93. The molecule has 14 heavy (non-hydrogen) atoms. The Balaban J connectivity index is 2.81. The first kappa shape index (κ1) is 10.7. The first-order valence-electron chi connectivity index (χ1n) is 4.47. The molecule has 76 valence electrons. The summed E-state index contributed by atoms with van der Waals surface area (Å²) in [5, 5.41) is 8.96. The highest BCUT2D eigenvalue weighted by molar-refractivity contribution is 5.77. The van der Waals surface area contributed by atoms with Crippen molar-refractivity contribution in [3.63, 3.8) is 0 Å². The molecule has 0 aliphatic carbocycles. The Kier molecular flexibility index (Phi) is 3.65. The lowest BCUT2D eigenvalue weighted by molar-refractivity contribution is -0.144. The van der Waals surface area contributed by atoms with E-state index in [1.165, 1.54) is 0 Å². The van der Waals surface area contributed by atoms with Crippen molar-refractivity contribution in [3.8, 4) is 0 Å². The summed E-state index contributed by atoms with van der Waals surface area (Å²) in [6, 6.07) is 0. The molecule has 1 rings (SSSR count). The van der Waals surface area contributed by atoms with Crippen LogP contribution in [0.15, 0.2) is 37.5 Å². The molecule has 0 aromatic heterocycles. The molecular weight excluding hydrogens is 180 g/mol. The van der Waals surface area contributed by atoms with Gasteiger partial charge in [-0.1, -0.05) is 30.9 Å². The summed E-state index contributed by atoms with van der Waals surface area (Å²) in [4.78, 5) is 11.4. The Labute approximate surface area is 83.4 Å². The summed E-state index contributed by atoms with van der Waals surface area (Å²) in [5.41, 5.74) is 0. The first-order chi connectivity index (χ1) is 6.74. The lowest BCUT2D eigenvalue weighted by Crippen LogP contribution is -2.21. The van der Waals surface area contributed by atoms with Gasteiger partial charge in [0.2, 0.25) is 0 Å². The van der Waals surface area contributed by atoms with E-state index in [4.69, 9.17) is 9.84 Å². The second-order valence-corrected chi connectivity index (χ2v) is 3.12. The lowest BCUT2D eigenvalue weighted by Gasteiger charge is -2.12. The number of rotatable bonds is 4. The number of ether oxygens (including phenoxy) is 1. The van der Waals surface area contributed by atoms with Crippen molar-refractivity contribution in [1.29, 1.82) is 0 Å². The first-order valence-corrected chi connectivity index (χ1v) is 4.47. The molecule has 0 unspecified atom stereocenters. The van der Waals surface area contributed by atoms with Crippen LogP contribution in [0.25, 0.3) is 0 Å². The second-order valence-electron chi connectivity index (χ2n) is 3.12. The Morgan fingerprint density at radius 3 is 2.71 bits per heavy atom. The molecule has 3 atom stereocenters. The monoisotopic (exact) mass is 194 g/mol. The number of esters is 1. The highest BCUT2D eigenvalue weighted by Gasteiger charge is 2.40. The lowest BCUT2D eigenvalue weighted by atomic mass is 9.90. The van der Waals surface area contributed by atoms with Crippen molar-refractivity contribution in [1.82, 2.24) is 0 Å². The van der Waals surface area contributed by atoms with Gasteiger partial charge in [-0.15, -0.1) is 6.58 Å². The van der Waals surface area contributed by atoms with Gasteiger partial charge in [0.25, 0.3) is 0 Å². The van der Waals surface area contributed by atoms with Gasteiger partial charge in [0.05, 0.1) is 12.5 Å². The molecule has 1 saturated heterocycles. The number of cyclic esters (lactones) is 1. The van der Waals surface area contributed by atoms with Gasteiger partial charge in [-0.3, -0.25) is 4.79 Å². The molecule has 1 aliphatic heterocycles. The summed E-state index contributed by atoms with van der Waals surface area (Å²) in [7, 11) is 0. The topological polar surface area (TPSA) is 46.5 Å². The maximum absolute atomic E-state index is 11.4. The highest BCUT2D eigenvalue weighted by atomic mass is 16.6. The maximum atomic E-state index is 11.4. The molecule has 1 N–H and O–H groups in total. The van der Waals surface area contributed by atoms with E-state index in [0.29, 0.717) is 0 Å². The zero-order valence-electron chi connectivity index (χ0n) is 7.93. The van der Waals surface area contributed by atoms with Crippen LogP contribution in [-0.4, -0.2) is 23.8 Å². The Morgan fingerprint density at radius 2 is 2.21 bits per heavy atom. The van der Waals surface area contributed by atoms with Crippen LogP contribution in [0.4, 0.5) is 0 Å². The number of hydrogen-bond donors (Lipinski definition) is 1. The third-order valence-corrected chi connectivity index (χ3v) is 2.29. The molecule has 0 bridgehead atoms. The predicted molar refractivity (Wildman–Crippen MR) is 53.5 cm³/mol. The number of aliphatic hydroxyl groups excluding tert-OH is 1. The molecule has 1 aliphatic rings. The molecule has 0 saturated carbocycles. The van der Waals surface area contributed by atoms with Crippen molar-refractivity contribution < 1.29 is 14.6 Å². The fraction of sp³-hybridized carbons (Fsp3) is 0.364. The smallest absolute Gasteiger partial charge is 0.313 e. The number of allylic oxidation sites excluding steroid dienone is 2. The normalized spacial score (nSPS) is 31.8. The maximum Gasteiger partial charge on any atom is 0.313 e. The van der Waals surface area contributed by atoms with Crippen LogP contribution >= 0.6 is 0 Å². The highest BCUT2D eigenvalue weighted by Crippen LogP contribution is 2.30. The van der Waals surface area contributed by atoms with E-state index in [1.807, 2.05) is 0 Å². The average Bonchev–Trinajstić information content (AvgIpc) is 2.51. The molecule has 3 heteroatoms. The molecule has 0 aromatic rings. The minimum Gasteiger partial charge on any atom is -0.459 e. The zero-order chi connectivity index (χ0) is 10.6. The molecule has 1 fully saturated rings. The molecule has 0 radical (unpaired) electrons. The van der Waals surface area contributed by atoms with Crippen molar-refractivity contribution in [2.24, 2.45) is 11.8 Å². The van der Waals surface area contributed by atoms with E-state index in [1.54, 1.807) is 24.3 Å². The van der Waals surface area contributed by atoms with Gasteiger partial charge < -0.3 is 9.84 Å². The minimum atomic E-state index is -0.459. The molecular formula is C11H14O3. The van der Waals surface area contributed by atoms with Crippen molar-refractivity contribution in [3.05, 3.63) is 37.5 Å². The van der Waals surface area contributed by atoms with E-state index in [-0.39, 0.29) is 24.4 Å². The Morgan fingerprint density at radius 1 is 1.50 bits per heavy atom. The van der Waals surface area contributed by atoms with Crippen molar-refractivity contribution >= 4 is 5.97 Å². The van der Waals surface area contributed by atoms with E-state index in [2.05, 4.69) is 13.2 Å². The second kappa shape index (κ2) is 4.77. The van der Waals surface area contributed by atoms with Crippen LogP contribution < -0.4 is 0 Å². The summed E-state index contributed by atoms with van der Waals surface area (Å²) in [6.07, 6.45) is 6.20. The fourth-order valence-corrected chi connectivity index (χ4v) is 1.56. The number of hydrogen-bond acceptors (Lipinski definition) is 3. The molecule has 0 amide bonds. The summed E-state index contributed by atoms with van der Waals surface area (Å²) in [6.45, 7) is 6.99. The van der Waals surface area contributed by atoms with Gasteiger partial charge in [0.1, 0.15) is 6.10 Å². The number of carbonyl (C=O) groups is 1. The fourth-order valence-electron chi connectivity index (χ4n) is 1.56. The molecule has 1 heterocycles. The third kappa shape index (κ3) is 1.93. The van der Waals surface area contributed by atoms with Crippen LogP contribution in [-0.2, 0) is 9.53 Å². The molecule has 0 spiro atoms. The van der Waals surface area contributed by atoms with Crippen LogP contribution in [0.3, 0.4) is 0 Å². The predicted octanol–water partition coefficient (Wildman–Crippen LogP) is 1.06. The Bertz CT molecular complexity index is 268. The van der Waals surface area contributed by atoms with Crippen LogP contribution in [0.1, 0.15) is 0 Å². The van der Waals surface area contributed by atoms with E-state index in [0.717, 1.165) is 0 Å². The van der Waals surface area contributed by atoms with Crippen LogP contribution in [0.5, 0.6) is 0 Å².